The Bertz CT molecular complexity index is 500. The van der Waals surface area contributed by atoms with E-state index in [-0.39, 0.29) is 5.92 Å². The molecule has 1 aromatic carbocycles. The van der Waals surface area contributed by atoms with E-state index >= 15 is 0 Å². The summed E-state index contributed by atoms with van der Waals surface area (Å²) >= 11 is 6.02. The molecule has 1 aliphatic carbocycles. The van der Waals surface area contributed by atoms with Gasteiger partial charge >= 0.3 is 0 Å². The molecule has 1 saturated heterocycles. The van der Waals surface area contributed by atoms with E-state index in [1.807, 2.05) is 18.2 Å². The Labute approximate surface area is 119 Å². The molecule has 0 spiro atoms. The van der Waals surface area contributed by atoms with Crippen LogP contribution in [0, 0.1) is 11.8 Å². The molecule has 0 bridgehead atoms. The van der Waals surface area contributed by atoms with E-state index in [9.17, 15) is 4.79 Å². The molecule has 0 amide bonds. The first kappa shape index (κ1) is 13.1. The predicted octanol–water partition coefficient (Wildman–Crippen LogP) is 3.47. The van der Waals surface area contributed by atoms with Crippen LogP contribution in [0.1, 0.15) is 42.1 Å². The van der Waals surface area contributed by atoms with Gasteiger partial charge in [-0.15, -0.1) is 0 Å². The van der Waals surface area contributed by atoms with Crippen molar-refractivity contribution in [1.82, 2.24) is 5.32 Å². The third-order valence-electron chi connectivity index (χ3n) is 4.72. The summed E-state index contributed by atoms with van der Waals surface area (Å²) in [5, 5.41) is 4.28. The molecule has 0 saturated carbocycles. The monoisotopic (exact) mass is 277 g/mol. The third-order valence-corrected chi connectivity index (χ3v) is 4.95. The van der Waals surface area contributed by atoms with Crippen LogP contribution in [0.3, 0.4) is 0 Å². The highest BCUT2D eigenvalue weighted by Gasteiger charge is 2.38. The molecule has 0 aromatic heterocycles. The minimum atomic E-state index is 0.114. The molecule has 1 aliphatic heterocycles. The van der Waals surface area contributed by atoms with Crippen LogP contribution in [0.4, 0.5) is 0 Å². The second-order valence-corrected chi connectivity index (χ2v) is 6.27. The number of ketones is 1. The molecule has 2 aliphatic rings. The van der Waals surface area contributed by atoms with Gasteiger partial charge in [0, 0.05) is 22.5 Å². The Hall–Kier alpha value is -0.860. The van der Waals surface area contributed by atoms with Crippen LogP contribution in [0.2, 0.25) is 5.02 Å². The maximum absolute atomic E-state index is 12.5. The van der Waals surface area contributed by atoms with Gasteiger partial charge in [-0.1, -0.05) is 24.9 Å². The maximum Gasteiger partial charge on any atom is 0.168 e. The van der Waals surface area contributed by atoms with Crippen LogP contribution in [0.5, 0.6) is 0 Å². The van der Waals surface area contributed by atoms with E-state index in [0.29, 0.717) is 11.8 Å². The first-order chi connectivity index (χ1) is 9.19. The highest BCUT2D eigenvalue weighted by atomic mass is 35.5. The van der Waals surface area contributed by atoms with Crippen LogP contribution >= 0.6 is 11.6 Å². The molecule has 1 aromatic rings. The molecule has 1 fully saturated rings. The lowest BCUT2D eigenvalue weighted by molar-refractivity contribution is 0.0884. The van der Waals surface area contributed by atoms with Crippen molar-refractivity contribution in [3.05, 3.63) is 34.3 Å². The number of halogens is 1. The van der Waals surface area contributed by atoms with Gasteiger partial charge in [0.15, 0.2) is 5.78 Å². The van der Waals surface area contributed by atoms with Crippen LogP contribution in [0.25, 0.3) is 0 Å². The van der Waals surface area contributed by atoms with E-state index in [4.69, 9.17) is 11.6 Å². The standard InChI is InChI=1S/C16H20ClNO/c1-2-10-5-6-18-15(7-10)14-9-11-8-12(17)3-4-13(11)16(14)19/h3-4,8,10,14-15,18H,2,5-7,9H2,1H3. The van der Waals surface area contributed by atoms with E-state index in [1.54, 1.807) is 0 Å². The number of fused-ring (bicyclic) bond motifs is 1. The maximum atomic E-state index is 12.5. The number of nitrogens with one attached hydrogen (secondary N) is 1. The topological polar surface area (TPSA) is 29.1 Å². The van der Waals surface area contributed by atoms with Crippen LogP contribution < -0.4 is 5.32 Å². The van der Waals surface area contributed by atoms with Gasteiger partial charge < -0.3 is 5.32 Å². The molecule has 3 unspecified atom stereocenters. The lowest BCUT2D eigenvalue weighted by Gasteiger charge is -2.33. The van der Waals surface area contributed by atoms with Crippen molar-refractivity contribution in [3.8, 4) is 0 Å². The summed E-state index contributed by atoms with van der Waals surface area (Å²) in [5.41, 5.74) is 2.01. The molecule has 1 heterocycles. The fourth-order valence-corrected chi connectivity index (χ4v) is 3.73. The second kappa shape index (κ2) is 5.26. The zero-order valence-corrected chi connectivity index (χ0v) is 12.0. The Morgan fingerprint density at radius 3 is 3.05 bits per heavy atom. The van der Waals surface area contributed by atoms with Gasteiger partial charge in [0.05, 0.1) is 0 Å². The molecule has 19 heavy (non-hydrogen) atoms. The summed E-state index contributed by atoms with van der Waals surface area (Å²) in [6, 6.07) is 6.01. The fourth-order valence-electron chi connectivity index (χ4n) is 3.54. The van der Waals surface area contributed by atoms with Crippen molar-refractivity contribution in [3.63, 3.8) is 0 Å². The Kier molecular flexibility index (Phi) is 3.64. The van der Waals surface area contributed by atoms with Gasteiger partial charge in [-0.25, -0.2) is 0 Å². The minimum Gasteiger partial charge on any atom is -0.313 e. The van der Waals surface area contributed by atoms with Gasteiger partial charge in [0.25, 0.3) is 0 Å². The summed E-state index contributed by atoms with van der Waals surface area (Å²) in [4.78, 5) is 12.5. The molecule has 3 rings (SSSR count). The van der Waals surface area contributed by atoms with Gasteiger partial charge in [-0.05, 0) is 55.5 Å². The first-order valence-electron chi connectivity index (χ1n) is 7.25. The molecular weight excluding hydrogens is 258 g/mol. The lowest BCUT2D eigenvalue weighted by atomic mass is 9.82. The van der Waals surface area contributed by atoms with E-state index in [0.717, 1.165) is 41.5 Å². The third kappa shape index (κ3) is 2.44. The second-order valence-electron chi connectivity index (χ2n) is 5.84. The molecule has 3 heteroatoms. The number of hydrogen-bond acceptors (Lipinski definition) is 2. The average Bonchev–Trinajstić information content (AvgIpc) is 2.75. The number of carbonyl (C=O) groups excluding carboxylic acids is 1. The summed E-state index contributed by atoms with van der Waals surface area (Å²) in [5.74, 6) is 1.19. The smallest absolute Gasteiger partial charge is 0.168 e. The molecule has 0 radical (unpaired) electrons. The van der Waals surface area contributed by atoms with Crippen molar-refractivity contribution in [1.29, 1.82) is 0 Å². The predicted molar refractivity (Wildman–Crippen MR) is 77.8 cm³/mol. The molecule has 1 N–H and O–H groups in total. The highest BCUT2D eigenvalue weighted by Crippen LogP contribution is 2.34. The molecule has 3 atom stereocenters. The van der Waals surface area contributed by atoms with Crippen molar-refractivity contribution < 1.29 is 4.79 Å². The van der Waals surface area contributed by atoms with E-state index in [2.05, 4.69) is 12.2 Å². The van der Waals surface area contributed by atoms with E-state index in [1.165, 1.54) is 12.8 Å². The number of Topliss-reactive ketones (excluding diaryl/α,β-unsaturated/α-hetero) is 1. The van der Waals surface area contributed by atoms with Crippen LogP contribution in [0.15, 0.2) is 18.2 Å². The van der Waals surface area contributed by atoms with Gasteiger partial charge in [-0.2, -0.15) is 0 Å². The van der Waals surface area contributed by atoms with Crippen molar-refractivity contribution in [2.24, 2.45) is 11.8 Å². The van der Waals surface area contributed by atoms with Crippen LogP contribution in [-0.4, -0.2) is 18.4 Å². The quantitative estimate of drug-likeness (QED) is 0.897. The van der Waals surface area contributed by atoms with Crippen molar-refractivity contribution in [2.45, 2.75) is 38.6 Å². The van der Waals surface area contributed by atoms with Crippen LogP contribution in [-0.2, 0) is 6.42 Å². The normalized spacial score (nSPS) is 30.4. The summed E-state index contributed by atoms with van der Waals surface area (Å²) < 4.78 is 0. The summed E-state index contributed by atoms with van der Waals surface area (Å²) in [7, 11) is 0. The molecule has 102 valence electrons. The van der Waals surface area contributed by atoms with Gasteiger partial charge in [0.1, 0.15) is 0 Å². The minimum absolute atomic E-state index is 0.114. The summed E-state index contributed by atoms with van der Waals surface area (Å²) in [6.07, 6.45) is 4.45. The Morgan fingerprint density at radius 2 is 2.26 bits per heavy atom. The zero-order chi connectivity index (χ0) is 13.4. The Morgan fingerprint density at radius 1 is 1.42 bits per heavy atom. The fraction of sp³-hybridized carbons (Fsp3) is 0.562. The SMILES string of the molecule is CCC1CCNC(C2Cc3cc(Cl)ccc3C2=O)C1. The Balaban J connectivity index is 1.79. The summed E-state index contributed by atoms with van der Waals surface area (Å²) in [6.45, 7) is 3.29. The number of hydrogen-bond donors (Lipinski definition) is 1. The number of piperidine rings is 1. The largest absolute Gasteiger partial charge is 0.313 e. The molecule has 2 nitrogen and oxygen atoms in total. The van der Waals surface area contributed by atoms with E-state index < -0.39 is 0 Å². The number of carbonyl (C=O) groups is 1. The van der Waals surface area contributed by atoms with Gasteiger partial charge in [-0.3, -0.25) is 4.79 Å². The average molecular weight is 278 g/mol. The molecular formula is C16H20ClNO. The highest BCUT2D eigenvalue weighted by molar-refractivity contribution is 6.30. The lowest BCUT2D eigenvalue weighted by Crippen LogP contribution is -2.45. The van der Waals surface area contributed by atoms with Crippen molar-refractivity contribution in [2.75, 3.05) is 6.54 Å². The number of rotatable bonds is 2. The van der Waals surface area contributed by atoms with Crippen molar-refractivity contribution >= 4 is 17.4 Å². The first-order valence-corrected chi connectivity index (χ1v) is 7.63. The van der Waals surface area contributed by atoms with Gasteiger partial charge in [0.2, 0.25) is 0 Å². The number of benzene rings is 1. The zero-order valence-electron chi connectivity index (χ0n) is 11.3.